The zero-order chi connectivity index (χ0) is 9.68. The molecule has 0 radical (unpaired) electrons. The van der Waals surface area contributed by atoms with E-state index in [0.717, 1.165) is 5.56 Å². The Morgan fingerprint density at radius 2 is 2.00 bits per heavy atom. The largest absolute Gasteiger partial charge is 0.427 e. The van der Waals surface area contributed by atoms with Crippen molar-refractivity contribution >= 4 is 5.97 Å². The summed E-state index contributed by atoms with van der Waals surface area (Å²) in [6.07, 6.45) is 0.363. The Bertz CT molecular complexity index is 277. The second kappa shape index (κ2) is 4.62. The first kappa shape index (κ1) is 9.74. The van der Waals surface area contributed by atoms with Crippen molar-refractivity contribution < 1.29 is 14.6 Å². The van der Waals surface area contributed by atoms with Crippen LogP contribution >= 0.6 is 0 Å². The maximum Gasteiger partial charge on any atom is 0.310 e. The summed E-state index contributed by atoms with van der Waals surface area (Å²) in [7, 11) is 0. The van der Waals surface area contributed by atoms with Gasteiger partial charge in [-0.3, -0.25) is 4.79 Å². The molecule has 0 aliphatic heterocycles. The molecule has 1 N–H and O–H groups in total. The number of esters is 1. The van der Waals surface area contributed by atoms with Crippen molar-refractivity contribution in [3.63, 3.8) is 0 Å². The fraction of sp³-hybridized carbons (Fsp3) is 0.300. The third-order valence-corrected chi connectivity index (χ3v) is 1.63. The summed E-state index contributed by atoms with van der Waals surface area (Å²) in [6.45, 7) is 1.74. The molecule has 1 aromatic carbocycles. The van der Waals surface area contributed by atoms with Gasteiger partial charge in [-0.1, -0.05) is 19.1 Å². The highest BCUT2D eigenvalue weighted by Gasteiger charge is 2.00. The lowest BCUT2D eigenvalue weighted by Crippen LogP contribution is -2.05. The first-order valence-corrected chi connectivity index (χ1v) is 4.16. The minimum Gasteiger partial charge on any atom is -0.427 e. The fourth-order valence-electron chi connectivity index (χ4n) is 0.867. The molecule has 0 atom stereocenters. The molecule has 3 heteroatoms. The molecular formula is C10H12O3. The predicted octanol–water partition coefficient (Wildman–Crippen LogP) is 1.49. The standard InChI is InChI=1S/C10H12O3/c1-2-10(12)13-9-5-3-8(7-11)4-6-9/h3-6,11H,2,7H2,1H3. The van der Waals surface area contributed by atoms with Gasteiger partial charge < -0.3 is 9.84 Å². The molecule has 70 valence electrons. The number of aliphatic hydroxyl groups is 1. The summed E-state index contributed by atoms with van der Waals surface area (Å²) in [6, 6.07) is 6.77. The summed E-state index contributed by atoms with van der Waals surface area (Å²) < 4.78 is 4.94. The number of hydrogen-bond donors (Lipinski definition) is 1. The number of hydrogen-bond acceptors (Lipinski definition) is 3. The Balaban J connectivity index is 2.64. The molecule has 0 spiro atoms. The molecule has 13 heavy (non-hydrogen) atoms. The highest BCUT2D eigenvalue weighted by molar-refractivity contribution is 5.71. The quantitative estimate of drug-likeness (QED) is 0.566. The topological polar surface area (TPSA) is 46.5 Å². The summed E-state index contributed by atoms with van der Waals surface area (Å²) in [5.74, 6) is 0.265. The van der Waals surface area contributed by atoms with Crippen molar-refractivity contribution in [3.8, 4) is 5.75 Å². The van der Waals surface area contributed by atoms with Gasteiger partial charge >= 0.3 is 5.97 Å². The minimum atomic E-state index is -0.253. The monoisotopic (exact) mass is 180 g/mol. The molecule has 0 heterocycles. The number of benzene rings is 1. The number of carbonyl (C=O) groups excluding carboxylic acids is 1. The van der Waals surface area contributed by atoms with E-state index in [-0.39, 0.29) is 12.6 Å². The van der Waals surface area contributed by atoms with Crippen LogP contribution in [0.3, 0.4) is 0 Å². The van der Waals surface area contributed by atoms with E-state index in [0.29, 0.717) is 12.2 Å². The molecule has 1 rings (SSSR count). The highest BCUT2D eigenvalue weighted by Crippen LogP contribution is 2.12. The van der Waals surface area contributed by atoms with E-state index >= 15 is 0 Å². The molecule has 0 aliphatic carbocycles. The van der Waals surface area contributed by atoms with Crippen LogP contribution in [0.2, 0.25) is 0 Å². The predicted molar refractivity (Wildman–Crippen MR) is 48.3 cm³/mol. The first-order valence-electron chi connectivity index (χ1n) is 4.16. The van der Waals surface area contributed by atoms with Crippen molar-refractivity contribution in [1.29, 1.82) is 0 Å². The fourth-order valence-corrected chi connectivity index (χ4v) is 0.867. The van der Waals surface area contributed by atoms with Crippen LogP contribution in [0.25, 0.3) is 0 Å². The van der Waals surface area contributed by atoms with Crippen molar-refractivity contribution in [2.75, 3.05) is 0 Å². The van der Waals surface area contributed by atoms with Crippen LogP contribution in [0.1, 0.15) is 18.9 Å². The summed E-state index contributed by atoms with van der Waals surface area (Å²) >= 11 is 0. The lowest BCUT2D eigenvalue weighted by molar-refractivity contribution is -0.134. The Morgan fingerprint density at radius 3 is 2.46 bits per heavy atom. The lowest BCUT2D eigenvalue weighted by Gasteiger charge is -2.02. The first-order chi connectivity index (χ1) is 6.26. The SMILES string of the molecule is CCC(=O)Oc1ccc(CO)cc1. The van der Waals surface area contributed by atoms with Crippen molar-refractivity contribution in [3.05, 3.63) is 29.8 Å². The van der Waals surface area contributed by atoms with E-state index in [1.54, 1.807) is 31.2 Å². The van der Waals surface area contributed by atoms with Gasteiger partial charge in [-0.15, -0.1) is 0 Å². The smallest absolute Gasteiger partial charge is 0.310 e. The van der Waals surface area contributed by atoms with Gasteiger partial charge in [0.05, 0.1) is 6.61 Å². The van der Waals surface area contributed by atoms with E-state index < -0.39 is 0 Å². The molecule has 0 fully saturated rings. The average Bonchev–Trinajstić information content (AvgIpc) is 2.19. The molecule has 0 aromatic heterocycles. The normalized spacial score (nSPS) is 9.69. The van der Waals surface area contributed by atoms with Crippen molar-refractivity contribution in [2.45, 2.75) is 20.0 Å². The van der Waals surface area contributed by atoms with E-state index in [1.165, 1.54) is 0 Å². The summed E-state index contributed by atoms with van der Waals surface area (Å²) in [5.41, 5.74) is 0.802. The van der Waals surface area contributed by atoms with Gasteiger partial charge in [0.25, 0.3) is 0 Å². The average molecular weight is 180 g/mol. The third kappa shape index (κ3) is 2.87. The molecule has 0 bridgehead atoms. The summed E-state index contributed by atoms with van der Waals surface area (Å²) in [5, 5.41) is 8.75. The number of aliphatic hydroxyl groups excluding tert-OH is 1. The van der Waals surface area contributed by atoms with Gasteiger partial charge in [-0.05, 0) is 17.7 Å². The Kier molecular flexibility index (Phi) is 3.46. The van der Waals surface area contributed by atoms with Gasteiger partial charge in [-0.25, -0.2) is 0 Å². The van der Waals surface area contributed by atoms with Crippen LogP contribution < -0.4 is 4.74 Å². The minimum absolute atomic E-state index is 0.00199. The maximum absolute atomic E-state index is 10.9. The highest BCUT2D eigenvalue weighted by atomic mass is 16.5. The number of rotatable bonds is 3. The van der Waals surface area contributed by atoms with Crippen LogP contribution in [0.5, 0.6) is 5.75 Å². The molecule has 1 aromatic rings. The molecule has 0 amide bonds. The number of ether oxygens (including phenoxy) is 1. The summed E-state index contributed by atoms with van der Waals surface area (Å²) in [4.78, 5) is 10.9. The second-order valence-corrected chi connectivity index (χ2v) is 2.63. The van der Waals surface area contributed by atoms with Crippen LogP contribution in [-0.4, -0.2) is 11.1 Å². The Labute approximate surface area is 77.0 Å². The molecular weight excluding hydrogens is 168 g/mol. The van der Waals surface area contributed by atoms with Crippen LogP contribution in [0.4, 0.5) is 0 Å². The lowest BCUT2D eigenvalue weighted by atomic mass is 10.2. The van der Waals surface area contributed by atoms with Gasteiger partial charge in [0, 0.05) is 6.42 Å². The van der Waals surface area contributed by atoms with Gasteiger partial charge in [0.1, 0.15) is 5.75 Å². The zero-order valence-electron chi connectivity index (χ0n) is 7.49. The van der Waals surface area contributed by atoms with Crippen LogP contribution in [0.15, 0.2) is 24.3 Å². The molecule has 0 unspecified atom stereocenters. The maximum atomic E-state index is 10.9. The van der Waals surface area contributed by atoms with E-state index in [4.69, 9.17) is 9.84 Å². The third-order valence-electron chi connectivity index (χ3n) is 1.63. The van der Waals surface area contributed by atoms with Crippen LogP contribution in [-0.2, 0) is 11.4 Å². The number of carbonyl (C=O) groups is 1. The van der Waals surface area contributed by atoms with E-state index in [9.17, 15) is 4.79 Å². The molecule has 0 aliphatic rings. The van der Waals surface area contributed by atoms with Gasteiger partial charge in [0.15, 0.2) is 0 Å². The molecule has 0 saturated carbocycles. The van der Waals surface area contributed by atoms with Gasteiger partial charge in [-0.2, -0.15) is 0 Å². The van der Waals surface area contributed by atoms with Crippen LogP contribution in [0, 0.1) is 0 Å². The van der Waals surface area contributed by atoms with Gasteiger partial charge in [0.2, 0.25) is 0 Å². The Hall–Kier alpha value is -1.35. The zero-order valence-corrected chi connectivity index (χ0v) is 7.49. The van der Waals surface area contributed by atoms with Crippen molar-refractivity contribution in [1.82, 2.24) is 0 Å². The molecule has 3 nitrogen and oxygen atoms in total. The van der Waals surface area contributed by atoms with Crippen molar-refractivity contribution in [2.24, 2.45) is 0 Å². The van der Waals surface area contributed by atoms with E-state index in [1.807, 2.05) is 0 Å². The Morgan fingerprint density at radius 1 is 1.38 bits per heavy atom. The second-order valence-electron chi connectivity index (χ2n) is 2.63. The van der Waals surface area contributed by atoms with E-state index in [2.05, 4.69) is 0 Å². The molecule has 0 saturated heterocycles.